The van der Waals surface area contributed by atoms with Gasteiger partial charge in [0.2, 0.25) is 0 Å². The highest BCUT2D eigenvalue weighted by atomic mass is 32.1. The second-order valence-corrected chi connectivity index (χ2v) is 8.04. The van der Waals surface area contributed by atoms with Crippen molar-refractivity contribution in [3.63, 3.8) is 0 Å². The molecule has 0 spiro atoms. The molecule has 1 aliphatic rings. The summed E-state index contributed by atoms with van der Waals surface area (Å²) in [5, 5.41) is 9.61. The number of hydrogen-bond acceptors (Lipinski definition) is 9. The van der Waals surface area contributed by atoms with Crippen LogP contribution in [0.4, 0.5) is 10.9 Å². The molecule has 0 bridgehead atoms. The molecule has 1 fully saturated rings. The maximum Gasteiger partial charge on any atom is 0.357 e. The highest BCUT2D eigenvalue weighted by molar-refractivity contribution is 7.13. The second-order valence-electron chi connectivity index (χ2n) is 7.20. The number of aryl methyl sites for hydroxylation is 1. The molecular weight excluding hydrogens is 418 g/mol. The molecule has 4 heterocycles. The number of nitrogens with zero attached hydrogens (tertiary/aromatic N) is 5. The first-order valence-corrected chi connectivity index (χ1v) is 10.8. The Labute approximate surface area is 183 Å². The number of carbonyl (C=O) groups excluding carboxylic acids is 2. The fourth-order valence-electron chi connectivity index (χ4n) is 3.41. The molecule has 4 rings (SSSR count). The lowest BCUT2D eigenvalue weighted by Crippen LogP contribution is -2.37. The van der Waals surface area contributed by atoms with Gasteiger partial charge in [0.05, 0.1) is 18.4 Å². The average Bonchev–Trinajstić information content (AvgIpc) is 3.49. The van der Waals surface area contributed by atoms with Crippen LogP contribution in [0.3, 0.4) is 0 Å². The van der Waals surface area contributed by atoms with Gasteiger partial charge in [0.1, 0.15) is 5.82 Å². The van der Waals surface area contributed by atoms with E-state index in [-0.39, 0.29) is 17.8 Å². The lowest BCUT2D eigenvalue weighted by atomic mass is 10.1. The van der Waals surface area contributed by atoms with E-state index < -0.39 is 5.97 Å². The minimum atomic E-state index is -0.425. The van der Waals surface area contributed by atoms with E-state index in [9.17, 15) is 9.59 Å². The van der Waals surface area contributed by atoms with E-state index in [0.29, 0.717) is 24.4 Å². The summed E-state index contributed by atoms with van der Waals surface area (Å²) in [5.74, 6) is -0.515. The molecule has 0 aromatic carbocycles. The zero-order chi connectivity index (χ0) is 22.0. The fraction of sp³-hybridized carbons (Fsp3) is 0.350. The van der Waals surface area contributed by atoms with Crippen LogP contribution >= 0.6 is 11.3 Å². The first-order valence-electron chi connectivity index (χ1n) is 9.87. The number of anilines is 2. The summed E-state index contributed by atoms with van der Waals surface area (Å²) < 4.78 is 6.67. The lowest BCUT2D eigenvalue weighted by Gasteiger charge is -2.16. The van der Waals surface area contributed by atoms with E-state index in [1.165, 1.54) is 11.3 Å². The number of nitrogens with one attached hydrogen (secondary N) is 1. The number of esters is 1. The van der Waals surface area contributed by atoms with E-state index in [4.69, 9.17) is 10.5 Å². The highest BCUT2D eigenvalue weighted by Gasteiger charge is 2.27. The van der Waals surface area contributed by atoms with Crippen molar-refractivity contribution in [2.45, 2.75) is 19.4 Å². The molecule has 1 amide bonds. The Balaban J connectivity index is 1.41. The maximum absolute atomic E-state index is 12.9. The topological polar surface area (TPSA) is 128 Å². The van der Waals surface area contributed by atoms with Gasteiger partial charge in [0.25, 0.3) is 5.91 Å². The zero-order valence-corrected chi connectivity index (χ0v) is 18.1. The van der Waals surface area contributed by atoms with E-state index in [0.717, 1.165) is 29.2 Å². The van der Waals surface area contributed by atoms with E-state index >= 15 is 0 Å². The number of nitrogens with two attached hydrogens (primary N) is 1. The van der Waals surface area contributed by atoms with Crippen LogP contribution in [0.25, 0.3) is 11.1 Å². The van der Waals surface area contributed by atoms with Crippen molar-refractivity contribution in [3.8, 4) is 11.1 Å². The quantitative estimate of drug-likeness (QED) is 0.553. The molecule has 162 valence electrons. The van der Waals surface area contributed by atoms with Gasteiger partial charge in [-0.3, -0.25) is 9.48 Å². The third-order valence-corrected chi connectivity index (χ3v) is 5.87. The number of carbonyl (C=O) groups is 2. The number of ether oxygens (including phenoxy) is 1. The summed E-state index contributed by atoms with van der Waals surface area (Å²) in [6.45, 7) is 3.39. The van der Waals surface area contributed by atoms with Crippen molar-refractivity contribution in [2.75, 3.05) is 30.3 Å². The molecule has 3 aromatic rings. The van der Waals surface area contributed by atoms with Gasteiger partial charge in [-0.1, -0.05) is 0 Å². The summed E-state index contributed by atoms with van der Waals surface area (Å²) in [6.07, 6.45) is 5.95. The molecule has 10 nitrogen and oxygen atoms in total. The normalized spacial score (nSPS) is 15.8. The van der Waals surface area contributed by atoms with Crippen molar-refractivity contribution >= 4 is 34.2 Å². The molecule has 0 aliphatic carbocycles. The van der Waals surface area contributed by atoms with Crippen LogP contribution in [0.2, 0.25) is 0 Å². The third kappa shape index (κ3) is 4.50. The molecule has 31 heavy (non-hydrogen) atoms. The van der Waals surface area contributed by atoms with Crippen LogP contribution in [-0.2, 0) is 11.8 Å². The summed E-state index contributed by atoms with van der Waals surface area (Å²) in [5.41, 5.74) is 8.24. The summed E-state index contributed by atoms with van der Waals surface area (Å²) in [6, 6.07) is 1.66. The Bertz CT molecular complexity index is 1110. The predicted octanol–water partition coefficient (Wildman–Crippen LogP) is 1.71. The minimum Gasteiger partial charge on any atom is -0.461 e. The van der Waals surface area contributed by atoms with Crippen molar-refractivity contribution in [3.05, 3.63) is 41.3 Å². The summed E-state index contributed by atoms with van der Waals surface area (Å²) in [7, 11) is 1.83. The third-order valence-electron chi connectivity index (χ3n) is 4.97. The smallest absolute Gasteiger partial charge is 0.357 e. The number of hydrogen-bond donors (Lipinski definition) is 2. The SMILES string of the molecule is CCOC(=O)c1csc(N2CC[C@@H](NC(=O)c3cc(-c4cnn(C)c4)cnc3N)C2)n1. The Morgan fingerprint density at radius 1 is 1.35 bits per heavy atom. The second kappa shape index (κ2) is 8.72. The molecule has 1 aliphatic heterocycles. The van der Waals surface area contributed by atoms with Crippen LogP contribution in [-0.4, -0.2) is 57.4 Å². The van der Waals surface area contributed by atoms with Crippen LogP contribution in [0, 0.1) is 0 Å². The van der Waals surface area contributed by atoms with E-state index in [1.54, 1.807) is 35.4 Å². The van der Waals surface area contributed by atoms with Crippen molar-refractivity contribution in [2.24, 2.45) is 7.05 Å². The van der Waals surface area contributed by atoms with Gasteiger partial charge in [-0.2, -0.15) is 5.10 Å². The monoisotopic (exact) mass is 441 g/mol. The van der Waals surface area contributed by atoms with Crippen molar-refractivity contribution in [1.29, 1.82) is 0 Å². The Morgan fingerprint density at radius 2 is 2.19 bits per heavy atom. The first-order chi connectivity index (χ1) is 14.9. The summed E-state index contributed by atoms with van der Waals surface area (Å²) >= 11 is 1.39. The number of rotatable bonds is 6. The number of aromatic nitrogens is 4. The Morgan fingerprint density at radius 3 is 2.94 bits per heavy atom. The number of thiazole rings is 1. The molecule has 1 saturated heterocycles. The van der Waals surface area contributed by atoms with Crippen LogP contribution < -0.4 is 16.0 Å². The minimum absolute atomic E-state index is 0.0658. The highest BCUT2D eigenvalue weighted by Crippen LogP contribution is 2.26. The lowest BCUT2D eigenvalue weighted by molar-refractivity contribution is 0.0520. The van der Waals surface area contributed by atoms with Gasteiger partial charge in [-0.15, -0.1) is 11.3 Å². The van der Waals surface area contributed by atoms with Gasteiger partial charge in [-0.25, -0.2) is 14.8 Å². The molecule has 0 radical (unpaired) electrons. The zero-order valence-electron chi connectivity index (χ0n) is 17.2. The van der Waals surface area contributed by atoms with Gasteiger partial charge in [-0.05, 0) is 19.4 Å². The molecule has 3 N–H and O–H groups in total. The van der Waals surface area contributed by atoms with Gasteiger partial charge < -0.3 is 20.7 Å². The van der Waals surface area contributed by atoms with E-state index in [1.807, 2.05) is 18.1 Å². The maximum atomic E-state index is 12.9. The molecule has 0 unspecified atom stereocenters. The average molecular weight is 442 g/mol. The predicted molar refractivity (Wildman–Crippen MR) is 117 cm³/mol. The number of nitrogen functional groups attached to an aromatic ring is 1. The van der Waals surface area contributed by atoms with Gasteiger partial charge >= 0.3 is 5.97 Å². The van der Waals surface area contributed by atoms with Gasteiger partial charge in [0.15, 0.2) is 10.8 Å². The molecular formula is C20H23N7O3S. The Hall–Kier alpha value is -3.47. The fourth-order valence-corrected chi connectivity index (χ4v) is 4.24. The van der Waals surface area contributed by atoms with Crippen molar-refractivity contribution < 1.29 is 14.3 Å². The standard InChI is InChI=1S/C20H23N7O3S/c1-3-30-19(29)16-11-31-20(25-16)27-5-4-14(10-27)24-18(28)15-6-12(7-22-17(15)21)13-8-23-26(2)9-13/h6-9,11,14H,3-5,10H2,1-2H3,(H2,21,22)(H,24,28)/t14-/m1/s1. The molecule has 11 heteroatoms. The van der Waals surface area contributed by atoms with Crippen LogP contribution in [0.15, 0.2) is 30.0 Å². The first kappa shape index (κ1) is 20.8. The Kier molecular flexibility index (Phi) is 5.85. The molecule has 0 saturated carbocycles. The van der Waals surface area contributed by atoms with Crippen LogP contribution in [0.5, 0.6) is 0 Å². The van der Waals surface area contributed by atoms with Gasteiger partial charge in [0, 0.05) is 55.1 Å². The number of amides is 1. The van der Waals surface area contributed by atoms with E-state index in [2.05, 4.69) is 20.4 Å². The largest absolute Gasteiger partial charge is 0.461 e. The molecule has 3 aromatic heterocycles. The molecule has 1 atom stereocenters. The van der Waals surface area contributed by atoms with Crippen molar-refractivity contribution in [1.82, 2.24) is 25.1 Å². The summed E-state index contributed by atoms with van der Waals surface area (Å²) in [4.78, 5) is 35.3. The number of pyridine rings is 1. The van der Waals surface area contributed by atoms with Crippen LogP contribution in [0.1, 0.15) is 34.2 Å².